The van der Waals surface area contributed by atoms with Crippen LogP contribution in [0, 0.1) is 0 Å². The lowest BCUT2D eigenvalue weighted by molar-refractivity contribution is 0.417. The molecule has 1 aliphatic carbocycles. The molecular weight excluding hydrogens is 198 g/mol. The summed E-state index contributed by atoms with van der Waals surface area (Å²) in [5.74, 6) is 0. The smallest absolute Gasteiger partial charge is 0.0450 e. The third-order valence-corrected chi connectivity index (χ3v) is 4.79. The van der Waals surface area contributed by atoms with Gasteiger partial charge < -0.3 is 5.32 Å². The van der Waals surface area contributed by atoms with Crippen LogP contribution in [0.4, 0.5) is 0 Å². The van der Waals surface area contributed by atoms with Gasteiger partial charge in [0.05, 0.1) is 0 Å². The minimum absolute atomic E-state index is 0.281. The van der Waals surface area contributed by atoms with Crippen molar-refractivity contribution in [1.29, 1.82) is 0 Å². The summed E-state index contributed by atoms with van der Waals surface area (Å²) in [6, 6.07) is 1.80. The summed E-state index contributed by atoms with van der Waals surface area (Å²) in [7, 11) is -0.491. The Balaban J connectivity index is 2.56. The zero-order valence-electron chi connectivity index (χ0n) is 11.0. The molecule has 0 radical (unpaired) electrons. The van der Waals surface area contributed by atoms with Gasteiger partial charge in [-0.05, 0) is 33.7 Å². The molecule has 0 amide bonds. The van der Waals surface area contributed by atoms with Crippen molar-refractivity contribution in [3.05, 3.63) is 23.3 Å². The number of nitrogens with one attached hydrogen (secondary N) is 1. The van der Waals surface area contributed by atoms with Gasteiger partial charge in [-0.1, -0.05) is 36.4 Å². The van der Waals surface area contributed by atoms with E-state index in [0.717, 1.165) is 0 Å². The molecular formula is C13H25NSi. The molecule has 0 fully saturated rings. The highest BCUT2D eigenvalue weighted by molar-refractivity contribution is 6.56. The molecule has 86 valence electrons. The van der Waals surface area contributed by atoms with Crippen molar-refractivity contribution >= 4 is 8.80 Å². The summed E-state index contributed by atoms with van der Waals surface area (Å²) < 4.78 is 0. The van der Waals surface area contributed by atoms with Gasteiger partial charge in [0.25, 0.3) is 0 Å². The average Bonchev–Trinajstić information content (AvgIpc) is 2.25. The van der Waals surface area contributed by atoms with E-state index in [9.17, 15) is 0 Å². The lowest BCUT2D eigenvalue weighted by atomic mass is 10.1. The molecule has 0 aliphatic heterocycles. The lowest BCUT2D eigenvalue weighted by Gasteiger charge is -2.30. The van der Waals surface area contributed by atoms with Crippen molar-refractivity contribution in [3.63, 3.8) is 0 Å². The van der Waals surface area contributed by atoms with Crippen LogP contribution in [0.1, 0.15) is 27.7 Å². The lowest BCUT2D eigenvalue weighted by Crippen LogP contribution is -2.45. The van der Waals surface area contributed by atoms with Gasteiger partial charge in [0.1, 0.15) is 0 Å². The molecule has 1 aliphatic rings. The first-order valence-corrected chi connectivity index (χ1v) is 9.08. The van der Waals surface area contributed by atoms with Gasteiger partial charge in [0.15, 0.2) is 0 Å². The first-order valence-electron chi connectivity index (χ1n) is 5.95. The van der Waals surface area contributed by atoms with Crippen LogP contribution < -0.4 is 5.32 Å². The van der Waals surface area contributed by atoms with Gasteiger partial charge in [-0.25, -0.2) is 0 Å². The quantitative estimate of drug-likeness (QED) is 0.722. The monoisotopic (exact) mass is 223 g/mol. The molecule has 0 atom stereocenters. The number of hydrogen-bond donors (Lipinski definition) is 1. The zero-order valence-corrected chi connectivity index (χ0v) is 12.2. The van der Waals surface area contributed by atoms with Crippen molar-refractivity contribution in [1.82, 2.24) is 5.32 Å². The predicted octanol–water partition coefficient (Wildman–Crippen LogP) is 3.12. The molecule has 1 rings (SSSR count). The Morgan fingerprint density at radius 2 is 1.67 bits per heavy atom. The van der Waals surface area contributed by atoms with E-state index in [2.05, 4.69) is 58.3 Å². The molecule has 0 aromatic rings. The Morgan fingerprint density at radius 3 is 2.07 bits per heavy atom. The molecule has 0 aromatic carbocycles. The van der Waals surface area contributed by atoms with E-state index < -0.39 is 8.80 Å². The van der Waals surface area contributed by atoms with Crippen LogP contribution in [0.5, 0.6) is 0 Å². The fourth-order valence-corrected chi connectivity index (χ4v) is 4.62. The van der Waals surface area contributed by atoms with Gasteiger partial charge in [-0.2, -0.15) is 0 Å². The van der Waals surface area contributed by atoms with E-state index in [0.29, 0.717) is 6.04 Å². The minimum atomic E-state index is -0.491. The van der Waals surface area contributed by atoms with E-state index in [1.54, 1.807) is 0 Å². The molecule has 15 heavy (non-hydrogen) atoms. The summed E-state index contributed by atoms with van der Waals surface area (Å²) in [6.07, 6.45) is 4.66. The highest BCUT2D eigenvalue weighted by Gasteiger charge is 2.23. The fourth-order valence-electron chi connectivity index (χ4n) is 2.46. The van der Waals surface area contributed by atoms with Crippen molar-refractivity contribution in [2.75, 3.05) is 0 Å². The summed E-state index contributed by atoms with van der Waals surface area (Å²) >= 11 is 0. The second kappa shape index (κ2) is 4.66. The molecule has 0 aromatic heterocycles. The second-order valence-corrected chi connectivity index (χ2v) is 9.05. The molecule has 2 heteroatoms. The van der Waals surface area contributed by atoms with Crippen LogP contribution in [-0.4, -0.2) is 20.4 Å². The predicted molar refractivity (Wildman–Crippen MR) is 72.2 cm³/mol. The Bertz CT molecular complexity index is 269. The van der Waals surface area contributed by atoms with Crippen LogP contribution in [-0.2, 0) is 0 Å². The fraction of sp³-hybridized carbons (Fsp3) is 0.692. The van der Waals surface area contributed by atoms with Gasteiger partial charge in [-0.15, -0.1) is 0 Å². The molecule has 0 bridgehead atoms. The maximum Gasteiger partial charge on any atom is 0.0450 e. The zero-order chi connectivity index (χ0) is 11.6. The first kappa shape index (κ1) is 12.7. The standard InChI is InChI=1S/C13H25NSi/c1-10-7-12(8-11(10)2)14-13(3,4)9-15(5)6/h7-8,12,14-15H,9H2,1-6H3. The van der Waals surface area contributed by atoms with Crippen LogP contribution in [0.2, 0.25) is 19.1 Å². The SMILES string of the molecule is CC1=CC(NC(C)(C)C[SiH](C)C)C=C1C. The topological polar surface area (TPSA) is 12.0 Å². The Hall–Kier alpha value is -0.343. The summed E-state index contributed by atoms with van der Waals surface area (Å²) in [4.78, 5) is 0. The van der Waals surface area contributed by atoms with E-state index in [-0.39, 0.29) is 5.54 Å². The van der Waals surface area contributed by atoms with Crippen LogP contribution >= 0.6 is 0 Å². The van der Waals surface area contributed by atoms with Crippen molar-refractivity contribution < 1.29 is 0 Å². The molecule has 0 heterocycles. The minimum Gasteiger partial charge on any atom is -0.302 e. The summed E-state index contributed by atoms with van der Waals surface area (Å²) in [5.41, 5.74) is 3.12. The molecule has 1 N–H and O–H groups in total. The summed E-state index contributed by atoms with van der Waals surface area (Å²) in [6.45, 7) is 13.9. The number of rotatable bonds is 4. The third-order valence-electron chi connectivity index (χ3n) is 2.96. The first-order chi connectivity index (χ1) is 6.80. The van der Waals surface area contributed by atoms with Gasteiger partial charge >= 0.3 is 0 Å². The number of allylic oxidation sites excluding steroid dienone is 2. The second-order valence-electron chi connectivity index (χ2n) is 5.85. The maximum atomic E-state index is 3.73. The van der Waals surface area contributed by atoms with Crippen molar-refractivity contribution in [2.24, 2.45) is 0 Å². The van der Waals surface area contributed by atoms with E-state index in [1.807, 2.05) is 0 Å². The largest absolute Gasteiger partial charge is 0.302 e. The Kier molecular flexibility index (Phi) is 3.96. The van der Waals surface area contributed by atoms with Crippen molar-refractivity contribution in [3.8, 4) is 0 Å². The molecule has 0 saturated carbocycles. The Morgan fingerprint density at radius 1 is 1.20 bits per heavy atom. The van der Waals surface area contributed by atoms with Crippen molar-refractivity contribution in [2.45, 2.75) is 58.4 Å². The average molecular weight is 223 g/mol. The third kappa shape index (κ3) is 3.96. The van der Waals surface area contributed by atoms with E-state index in [4.69, 9.17) is 0 Å². The molecule has 1 nitrogen and oxygen atoms in total. The highest BCUT2D eigenvalue weighted by atomic mass is 28.3. The van der Waals surface area contributed by atoms with Gasteiger partial charge in [0, 0.05) is 20.4 Å². The summed E-state index contributed by atoms with van der Waals surface area (Å²) in [5, 5.41) is 3.73. The van der Waals surface area contributed by atoms with Gasteiger partial charge in [-0.3, -0.25) is 0 Å². The van der Waals surface area contributed by atoms with E-state index in [1.165, 1.54) is 17.2 Å². The molecule has 0 saturated heterocycles. The maximum absolute atomic E-state index is 3.73. The normalized spacial score (nSPS) is 18.3. The van der Waals surface area contributed by atoms with E-state index >= 15 is 0 Å². The Labute approximate surface area is 96.3 Å². The molecule has 0 spiro atoms. The van der Waals surface area contributed by atoms with Crippen LogP contribution in [0.25, 0.3) is 0 Å². The van der Waals surface area contributed by atoms with Crippen LogP contribution in [0.15, 0.2) is 23.3 Å². The van der Waals surface area contributed by atoms with Crippen LogP contribution in [0.3, 0.4) is 0 Å². The van der Waals surface area contributed by atoms with Gasteiger partial charge in [0.2, 0.25) is 0 Å². The highest BCUT2D eigenvalue weighted by Crippen LogP contribution is 2.21. The molecule has 0 unspecified atom stereocenters. The number of hydrogen-bond acceptors (Lipinski definition) is 1.